The van der Waals surface area contributed by atoms with Gasteiger partial charge in [-0.3, -0.25) is 4.79 Å². The number of hydrogen-bond acceptors (Lipinski definition) is 3. The second-order valence-corrected chi connectivity index (χ2v) is 4.08. The molecule has 1 amide bonds. The number of methoxy groups -OCH3 is 1. The molecule has 1 aromatic rings. The molecule has 1 aromatic carbocycles. The number of hydrogen-bond donors (Lipinski definition) is 2. The summed E-state index contributed by atoms with van der Waals surface area (Å²) in [5, 5.41) is 12.4. The highest BCUT2D eigenvalue weighted by Gasteiger charge is 2.21. The molecule has 4 nitrogen and oxygen atoms in total. The van der Waals surface area contributed by atoms with E-state index in [-0.39, 0.29) is 17.1 Å². The molecule has 0 radical (unpaired) electrons. The minimum atomic E-state index is -0.771. The average Bonchev–Trinajstić information content (AvgIpc) is 2.28. The highest BCUT2D eigenvalue weighted by atomic mass is 16.5. The second kappa shape index (κ2) is 4.79. The summed E-state index contributed by atoms with van der Waals surface area (Å²) >= 11 is 0. The Bertz CT molecular complexity index is 472. The van der Waals surface area contributed by atoms with Gasteiger partial charge in [-0.15, -0.1) is 6.42 Å². The predicted octanol–water partition coefficient (Wildman–Crippen LogP) is 1.54. The molecule has 0 bridgehead atoms. The topological polar surface area (TPSA) is 58.6 Å². The van der Waals surface area contributed by atoms with Crippen molar-refractivity contribution in [1.29, 1.82) is 0 Å². The number of terminal acetylenes is 1. The zero-order valence-electron chi connectivity index (χ0n) is 10.1. The van der Waals surface area contributed by atoms with Gasteiger partial charge in [-0.25, -0.2) is 0 Å². The van der Waals surface area contributed by atoms with Crippen LogP contribution < -0.4 is 10.1 Å². The Labute approximate surface area is 101 Å². The quantitative estimate of drug-likeness (QED) is 0.779. The van der Waals surface area contributed by atoms with E-state index in [1.54, 1.807) is 26.0 Å². The molecule has 0 fully saturated rings. The van der Waals surface area contributed by atoms with Crippen LogP contribution in [0.15, 0.2) is 18.2 Å². The van der Waals surface area contributed by atoms with E-state index in [0.29, 0.717) is 0 Å². The lowest BCUT2D eigenvalue weighted by molar-refractivity contribution is 0.0926. The summed E-state index contributed by atoms with van der Waals surface area (Å²) < 4.78 is 4.92. The number of phenols is 1. The minimum absolute atomic E-state index is 0.132. The minimum Gasteiger partial charge on any atom is -0.504 e. The van der Waals surface area contributed by atoms with Crippen LogP contribution in [0.5, 0.6) is 11.5 Å². The Morgan fingerprint density at radius 1 is 1.53 bits per heavy atom. The number of para-hydroxylation sites is 1. The summed E-state index contributed by atoms with van der Waals surface area (Å²) in [6.07, 6.45) is 5.27. The van der Waals surface area contributed by atoms with Crippen molar-refractivity contribution < 1.29 is 14.6 Å². The van der Waals surface area contributed by atoms with Crippen LogP contribution in [-0.2, 0) is 0 Å². The number of rotatable bonds is 3. The second-order valence-electron chi connectivity index (χ2n) is 4.08. The van der Waals surface area contributed by atoms with Gasteiger partial charge in [-0.1, -0.05) is 12.0 Å². The monoisotopic (exact) mass is 233 g/mol. The van der Waals surface area contributed by atoms with Crippen LogP contribution in [0.25, 0.3) is 0 Å². The van der Waals surface area contributed by atoms with Gasteiger partial charge >= 0.3 is 0 Å². The van der Waals surface area contributed by atoms with Gasteiger partial charge < -0.3 is 15.2 Å². The lowest BCUT2D eigenvalue weighted by Crippen LogP contribution is -2.42. The standard InChI is InChI=1S/C13H15NO3/c1-5-13(2,3)14-12(16)9-7-6-8-10(17-4)11(9)15/h1,6-8,15H,2-4H3,(H,14,16). The highest BCUT2D eigenvalue weighted by Crippen LogP contribution is 2.29. The number of carbonyl (C=O) groups excluding carboxylic acids is 1. The number of phenolic OH excluding ortho intramolecular Hbond substituents is 1. The molecule has 0 saturated heterocycles. The number of benzene rings is 1. The van der Waals surface area contributed by atoms with Crippen molar-refractivity contribution in [2.75, 3.05) is 7.11 Å². The molecular weight excluding hydrogens is 218 g/mol. The first-order valence-corrected chi connectivity index (χ1v) is 5.07. The molecule has 17 heavy (non-hydrogen) atoms. The lowest BCUT2D eigenvalue weighted by atomic mass is 10.1. The van der Waals surface area contributed by atoms with Crippen molar-refractivity contribution in [1.82, 2.24) is 5.32 Å². The molecule has 0 aliphatic heterocycles. The fourth-order valence-electron chi connectivity index (χ4n) is 1.26. The van der Waals surface area contributed by atoms with Crippen molar-refractivity contribution in [3.8, 4) is 23.8 Å². The van der Waals surface area contributed by atoms with Gasteiger partial charge in [0.2, 0.25) is 0 Å². The summed E-state index contributed by atoms with van der Waals surface area (Å²) in [7, 11) is 1.42. The van der Waals surface area contributed by atoms with E-state index >= 15 is 0 Å². The summed E-state index contributed by atoms with van der Waals surface area (Å²) in [4.78, 5) is 11.9. The van der Waals surface area contributed by atoms with E-state index in [9.17, 15) is 9.90 Å². The third kappa shape index (κ3) is 2.91. The van der Waals surface area contributed by atoms with E-state index in [1.165, 1.54) is 13.2 Å². The van der Waals surface area contributed by atoms with Crippen LogP contribution in [0, 0.1) is 12.3 Å². The van der Waals surface area contributed by atoms with Crippen molar-refractivity contribution in [3.05, 3.63) is 23.8 Å². The number of amides is 1. The van der Waals surface area contributed by atoms with Gasteiger partial charge in [0.25, 0.3) is 5.91 Å². The van der Waals surface area contributed by atoms with Crippen molar-refractivity contribution >= 4 is 5.91 Å². The Hall–Kier alpha value is -2.15. The fraction of sp³-hybridized carbons (Fsp3) is 0.308. The molecule has 0 aromatic heterocycles. The summed E-state index contributed by atoms with van der Waals surface area (Å²) in [5.41, 5.74) is -0.639. The third-order valence-electron chi connectivity index (χ3n) is 2.25. The number of carbonyl (C=O) groups is 1. The van der Waals surface area contributed by atoms with Crippen LogP contribution in [0.2, 0.25) is 0 Å². The van der Waals surface area contributed by atoms with Crippen molar-refractivity contribution in [2.45, 2.75) is 19.4 Å². The van der Waals surface area contributed by atoms with Gasteiger partial charge in [0.1, 0.15) is 0 Å². The molecule has 2 N–H and O–H groups in total. The molecule has 1 rings (SSSR count). The zero-order valence-corrected chi connectivity index (χ0v) is 10.1. The molecule has 0 spiro atoms. The summed E-state index contributed by atoms with van der Waals surface area (Å²) in [6.45, 7) is 3.39. The zero-order chi connectivity index (χ0) is 13.1. The molecular formula is C13H15NO3. The van der Waals surface area contributed by atoms with Gasteiger partial charge in [0, 0.05) is 0 Å². The molecule has 0 saturated carbocycles. The first kappa shape index (κ1) is 12.9. The van der Waals surface area contributed by atoms with Crippen molar-refractivity contribution in [2.24, 2.45) is 0 Å². The fourth-order valence-corrected chi connectivity index (χ4v) is 1.26. The molecule has 0 heterocycles. The Morgan fingerprint density at radius 2 is 2.18 bits per heavy atom. The van der Waals surface area contributed by atoms with Gasteiger partial charge in [-0.05, 0) is 26.0 Å². The molecule has 0 aliphatic rings. The van der Waals surface area contributed by atoms with Crippen LogP contribution >= 0.6 is 0 Å². The molecule has 4 heteroatoms. The number of ether oxygens (including phenoxy) is 1. The molecule has 0 atom stereocenters. The number of nitrogens with one attached hydrogen (secondary N) is 1. The molecule has 90 valence electrons. The van der Waals surface area contributed by atoms with Crippen LogP contribution in [-0.4, -0.2) is 23.7 Å². The van der Waals surface area contributed by atoms with Crippen molar-refractivity contribution in [3.63, 3.8) is 0 Å². The maximum atomic E-state index is 11.9. The van der Waals surface area contributed by atoms with Crippen LogP contribution in [0.4, 0.5) is 0 Å². The molecule has 0 unspecified atom stereocenters. The van der Waals surface area contributed by atoms with Crippen LogP contribution in [0.3, 0.4) is 0 Å². The Morgan fingerprint density at radius 3 is 2.71 bits per heavy atom. The normalized spacial score (nSPS) is 10.5. The number of aromatic hydroxyl groups is 1. The van der Waals surface area contributed by atoms with Gasteiger partial charge in [0.05, 0.1) is 18.2 Å². The Kier molecular flexibility index (Phi) is 3.64. The van der Waals surface area contributed by atoms with Gasteiger partial charge in [0.15, 0.2) is 11.5 Å². The molecule has 0 aliphatic carbocycles. The largest absolute Gasteiger partial charge is 0.504 e. The first-order valence-electron chi connectivity index (χ1n) is 5.07. The first-order chi connectivity index (χ1) is 7.91. The van der Waals surface area contributed by atoms with E-state index in [0.717, 1.165) is 0 Å². The summed E-state index contributed by atoms with van der Waals surface area (Å²) in [5.74, 6) is 2.06. The average molecular weight is 233 g/mol. The predicted molar refractivity (Wildman–Crippen MR) is 65.0 cm³/mol. The van der Waals surface area contributed by atoms with E-state index in [2.05, 4.69) is 11.2 Å². The Balaban J connectivity index is 3.03. The maximum Gasteiger partial charge on any atom is 0.256 e. The van der Waals surface area contributed by atoms with Gasteiger partial charge in [-0.2, -0.15) is 0 Å². The smallest absolute Gasteiger partial charge is 0.256 e. The lowest BCUT2D eigenvalue weighted by Gasteiger charge is -2.20. The van der Waals surface area contributed by atoms with E-state index in [4.69, 9.17) is 11.2 Å². The summed E-state index contributed by atoms with van der Waals surface area (Å²) in [6, 6.07) is 4.69. The van der Waals surface area contributed by atoms with Crippen LogP contribution in [0.1, 0.15) is 24.2 Å². The third-order valence-corrected chi connectivity index (χ3v) is 2.25. The maximum absolute atomic E-state index is 11.9. The van der Waals surface area contributed by atoms with E-state index < -0.39 is 11.4 Å². The highest BCUT2D eigenvalue weighted by molar-refractivity contribution is 5.98. The SMILES string of the molecule is C#CC(C)(C)NC(=O)c1cccc(OC)c1O. The van der Waals surface area contributed by atoms with E-state index in [1.807, 2.05) is 0 Å².